The van der Waals surface area contributed by atoms with Crippen LogP contribution in [0.2, 0.25) is 0 Å². The number of amides is 1. The number of likely N-dealkylation sites (N-methyl/N-ethyl adjacent to an activating group) is 2. The monoisotopic (exact) mass is 283 g/mol. The zero-order valence-electron chi connectivity index (χ0n) is 13.4. The number of piperidine rings is 1. The van der Waals surface area contributed by atoms with Gasteiger partial charge in [0.05, 0.1) is 17.7 Å². The lowest BCUT2D eigenvalue weighted by Gasteiger charge is -2.43. The maximum absolute atomic E-state index is 12.9. The van der Waals surface area contributed by atoms with Crippen LogP contribution in [0.15, 0.2) is 0 Å². The van der Waals surface area contributed by atoms with Crippen LogP contribution in [0, 0.1) is 0 Å². The highest BCUT2D eigenvalue weighted by molar-refractivity contribution is 5.86. The molecule has 0 aliphatic carbocycles. The van der Waals surface area contributed by atoms with Crippen molar-refractivity contribution in [2.45, 2.75) is 43.7 Å². The molecule has 0 aromatic heterocycles. The molecule has 2 fully saturated rings. The first kappa shape index (κ1) is 15.7. The molecular weight excluding hydrogens is 254 g/mol. The van der Waals surface area contributed by atoms with Gasteiger partial charge in [0.1, 0.15) is 0 Å². The second-order valence-electron chi connectivity index (χ2n) is 7.09. The average molecular weight is 283 g/mol. The lowest BCUT2D eigenvalue weighted by molar-refractivity contribution is -0.145. The average Bonchev–Trinajstić information content (AvgIpc) is 2.73. The number of rotatable bonds is 3. The van der Waals surface area contributed by atoms with E-state index in [2.05, 4.69) is 11.8 Å². The fourth-order valence-corrected chi connectivity index (χ4v) is 3.61. The molecule has 2 aliphatic rings. The molecule has 1 amide bonds. The molecule has 5 nitrogen and oxygen atoms in total. The molecule has 0 radical (unpaired) electrons. The lowest BCUT2D eigenvalue weighted by Crippen LogP contribution is -2.58. The van der Waals surface area contributed by atoms with E-state index in [9.17, 15) is 9.90 Å². The first-order chi connectivity index (χ1) is 9.27. The van der Waals surface area contributed by atoms with E-state index in [4.69, 9.17) is 0 Å². The van der Waals surface area contributed by atoms with Gasteiger partial charge in [0.15, 0.2) is 0 Å². The third-order valence-electron chi connectivity index (χ3n) is 4.94. The fraction of sp³-hybridized carbons (Fsp3) is 0.933. The van der Waals surface area contributed by atoms with Crippen molar-refractivity contribution in [2.24, 2.45) is 0 Å². The zero-order chi connectivity index (χ0) is 15.0. The summed E-state index contributed by atoms with van der Waals surface area (Å²) in [7, 11) is 5.95. The van der Waals surface area contributed by atoms with E-state index in [0.717, 1.165) is 19.4 Å². The van der Waals surface area contributed by atoms with Crippen LogP contribution < -0.4 is 0 Å². The maximum atomic E-state index is 12.9. The molecule has 2 rings (SSSR count). The van der Waals surface area contributed by atoms with E-state index in [1.165, 1.54) is 6.42 Å². The van der Waals surface area contributed by atoms with Gasteiger partial charge in [0.2, 0.25) is 5.91 Å². The number of hydrogen-bond donors (Lipinski definition) is 1. The van der Waals surface area contributed by atoms with Crippen molar-refractivity contribution in [3.8, 4) is 0 Å². The van der Waals surface area contributed by atoms with E-state index < -0.39 is 5.60 Å². The predicted octanol–water partition coefficient (Wildman–Crippen LogP) is 0.386. The van der Waals surface area contributed by atoms with Crippen molar-refractivity contribution in [3.05, 3.63) is 0 Å². The van der Waals surface area contributed by atoms with E-state index in [0.29, 0.717) is 26.1 Å². The van der Waals surface area contributed by atoms with Gasteiger partial charge >= 0.3 is 0 Å². The van der Waals surface area contributed by atoms with E-state index in [1.54, 1.807) is 0 Å². The van der Waals surface area contributed by atoms with Crippen LogP contribution >= 0.6 is 0 Å². The molecule has 2 unspecified atom stereocenters. The molecule has 0 spiro atoms. The Bertz CT molecular complexity index is 374. The number of hydrogen-bond acceptors (Lipinski definition) is 4. The Morgan fingerprint density at radius 3 is 2.55 bits per heavy atom. The first-order valence-electron chi connectivity index (χ1n) is 7.65. The molecule has 20 heavy (non-hydrogen) atoms. The van der Waals surface area contributed by atoms with Gasteiger partial charge in [-0.25, -0.2) is 0 Å². The molecule has 0 aromatic rings. The predicted molar refractivity (Wildman–Crippen MR) is 79.6 cm³/mol. The maximum Gasteiger partial charge on any atom is 0.242 e. The molecular formula is C15H29N3O2. The van der Waals surface area contributed by atoms with Crippen molar-refractivity contribution >= 4 is 5.91 Å². The van der Waals surface area contributed by atoms with Gasteiger partial charge in [0, 0.05) is 13.1 Å². The van der Waals surface area contributed by atoms with E-state index in [-0.39, 0.29) is 11.4 Å². The fourth-order valence-electron chi connectivity index (χ4n) is 3.61. The SMILES string of the molecule is CN(C)CC1(O)CCN(C(=O)C2(C)CCCCN2C)C1. The first-order valence-corrected chi connectivity index (χ1v) is 7.65. The van der Waals surface area contributed by atoms with Crippen LogP contribution in [0.4, 0.5) is 0 Å². The van der Waals surface area contributed by atoms with Crippen LogP contribution in [0.3, 0.4) is 0 Å². The molecule has 0 bridgehead atoms. The summed E-state index contributed by atoms with van der Waals surface area (Å²) >= 11 is 0. The number of carbonyl (C=O) groups is 1. The number of aliphatic hydroxyl groups is 1. The second-order valence-corrected chi connectivity index (χ2v) is 7.09. The van der Waals surface area contributed by atoms with Gasteiger partial charge in [-0.2, -0.15) is 0 Å². The molecule has 1 N–H and O–H groups in total. The van der Waals surface area contributed by atoms with Crippen LogP contribution in [-0.2, 0) is 4.79 Å². The second kappa shape index (κ2) is 5.62. The molecule has 2 atom stereocenters. The summed E-state index contributed by atoms with van der Waals surface area (Å²) in [4.78, 5) is 18.9. The van der Waals surface area contributed by atoms with Crippen molar-refractivity contribution in [2.75, 3.05) is 47.3 Å². The van der Waals surface area contributed by atoms with E-state index >= 15 is 0 Å². The minimum absolute atomic E-state index is 0.189. The van der Waals surface area contributed by atoms with Gasteiger partial charge in [-0.3, -0.25) is 9.69 Å². The van der Waals surface area contributed by atoms with Crippen LogP contribution in [0.25, 0.3) is 0 Å². The number of β-amino-alcohol motifs (C(OH)–C–C–N with tert-alkyl or cyclic N) is 1. The normalized spacial score (nSPS) is 35.8. The summed E-state index contributed by atoms with van der Waals surface area (Å²) in [5, 5.41) is 10.6. The summed E-state index contributed by atoms with van der Waals surface area (Å²) in [6.07, 6.45) is 3.88. The quantitative estimate of drug-likeness (QED) is 0.814. The molecule has 116 valence electrons. The van der Waals surface area contributed by atoms with Gasteiger partial charge in [-0.05, 0) is 60.3 Å². The summed E-state index contributed by atoms with van der Waals surface area (Å²) in [6.45, 7) is 4.79. The zero-order valence-corrected chi connectivity index (χ0v) is 13.4. The summed E-state index contributed by atoms with van der Waals surface area (Å²) < 4.78 is 0. The molecule has 2 saturated heterocycles. The highest BCUT2D eigenvalue weighted by Crippen LogP contribution is 2.31. The number of nitrogens with zero attached hydrogens (tertiary/aromatic N) is 3. The number of carbonyl (C=O) groups excluding carboxylic acids is 1. The third kappa shape index (κ3) is 3.00. The molecule has 2 aliphatic heterocycles. The largest absolute Gasteiger partial charge is 0.387 e. The Morgan fingerprint density at radius 1 is 1.25 bits per heavy atom. The van der Waals surface area contributed by atoms with Gasteiger partial charge in [-0.15, -0.1) is 0 Å². The minimum atomic E-state index is -0.747. The van der Waals surface area contributed by atoms with Crippen LogP contribution in [0.1, 0.15) is 32.6 Å². The molecule has 0 aromatic carbocycles. The third-order valence-corrected chi connectivity index (χ3v) is 4.94. The highest BCUT2D eigenvalue weighted by atomic mass is 16.3. The standard InChI is InChI=1S/C15H29N3O2/c1-14(7-5-6-9-17(14)4)13(19)18-10-8-15(20,12-18)11-16(2)3/h20H,5-12H2,1-4H3. The van der Waals surface area contributed by atoms with Gasteiger partial charge in [-0.1, -0.05) is 0 Å². The summed E-state index contributed by atoms with van der Waals surface area (Å²) in [5.41, 5.74) is -1.13. The van der Waals surface area contributed by atoms with Crippen LogP contribution in [-0.4, -0.2) is 84.2 Å². The minimum Gasteiger partial charge on any atom is -0.387 e. The Kier molecular flexibility index (Phi) is 4.42. The Hall–Kier alpha value is -0.650. The van der Waals surface area contributed by atoms with Crippen molar-refractivity contribution in [1.82, 2.24) is 14.7 Å². The molecule has 2 heterocycles. The summed E-state index contributed by atoms with van der Waals surface area (Å²) in [5.74, 6) is 0.189. The van der Waals surface area contributed by atoms with Crippen molar-refractivity contribution < 1.29 is 9.90 Å². The Morgan fingerprint density at radius 2 is 1.95 bits per heavy atom. The smallest absolute Gasteiger partial charge is 0.242 e. The highest BCUT2D eigenvalue weighted by Gasteiger charge is 2.46. The number of likely N-dealkylation sites (tertiary alicyclic amines) is 2. The van der Waals surface area contributed by atoms with Gasteiger partial charge in [0.25, 0.3) is 0 Å². The Labute approximate surface area is 122 Å². The molecule has 0 saturated carbocycles. The van der Waals surface area contributed by atoms with Gasteiger partial charge < -0.3 is 14.9 Å². The summed E-state index contributed by atoms with van der Waals surface area (Å²) in [6, 6.07) is 0. The van der Waals surface area contributed by atoms with Crippen molar-refractivity contribution in [3.63, 3.8) is 0 Å². The topological polar surface area (TPSA) is 47.0 Å². The lowest BCUT2D eigenvalue weighted by atomic mass is 9.87. The Balaban J connectivity index is 2.04. The van der Waals surface area contributed by atoms with Crippen molar-refractivity contribution in [1.29, 1.82) is 0 Å². The molecule has 5 heteroatoms. The van der Waals surface area contributed by atoms with E-state index in [1.807, 2.05) is 30.9 Å². The van der Waals surface area contributed by atoms with Crippen LogP contribution in [0.5, 0.6) is 0 Å².